The molecule has 0 aromatic carbocycles. The summed E-state index contributed by atoms with van der Waals surface area (Å²) in [5, 5.41) is 13.0. The zero-order chi connectivity index (χ0) is 15.0. The Morgan fingerprint density at radius 3 is 2.80 bits per heavy atom. The zero-order valence-electron chi connectivity index (χ0n) is 13.1. The fraction of sp³-hybridized carbons (Fsp3) is 0.933. The molecule has 20 heavy (non-hydrogen) atoms. The lowest BCUT2D eigenvalue weighted by Crippen LogP contribution is -2.45. The molecule has 3 atom stereocenters. The van der Waals surface area contributed by atoms with Crippen molar-refractivity contribution >= 4 is 17.8 Å². The van der Waals surface area contributed by atoms with E-state index in [-0.39, 0.29) is 24.1 Å². The smallest absolute Gasteiger partial charge is 0.317 e. The van der Waals surface area contributed by atoms with Gasteiger partial charge in [-0.25, -0.2) is 4.79 Å². The van der Waals surface area contributed by atoms with Gasteiger partial charge >= 0.3 is 6.03 Å². The number of carbonyl (C=O) groups excluding carboxylic acids is 1. The van der Waals surface area contributed by atoms with Crippen LogP contribution in [0.2, 0.25) is 0 Å². The molecule has 0 heterocycles. The monoisotopic (exact) mass is 302 g/mol. The molecule has 4 nitrogen and oxygen atoms in total. The molecule has 0 radical (unpaired) electrons. The summed E-state index contributed by atoms with van der Waals surface area (Å²) in [7, 11) is 1.82. The number of thioether (sulfide) groups is 1. The fourth-order valence-corrected chi connectivity index (χ4v) is 3.44. The second kappa shape index (κ2) is 9.50. The second-order valence-corrected chi connectivity index (χ2v) is 7.22. The molecule has 1 saturated carbocycles. The van der Waals surface area contributed by atoms with E-state index in [9.17, 15) is 9.90 Å². The number of carbonyl (C=O) groups is 1. The summed E-state index contributed by atoms with van der Waals surface area (Å²) in [6.07, 6.45) is 4.95. The van der Waals surface area contributed by atoms with Gasteiger partial charge < -0.3 is 15.3 Å². The Bertz CT molecular complexity index is 289. The summed E-state index contributed by atoms with van der Waals surface area (Å²) in [4.78, 5) is 13.8. The van der Waals surface area contributed by atoms with Gasteiger partial charge in [0, 0.05) is 25.6 Å². The molecule has 2 amide bonds. The molecule has 0 aromatic heterocycles. The topological polar surface area (TPSA) is 52.6 Å². The van der Waals surface area contributed by atoms with Crippen molar-refractivity contribution in [1.82, 2.24) is 10.2 Å². The minimum Gasteiger partial charge on any atom is -0.393 e. The standard InChI is InChI=1S/C15H30N2O2S/c1-4-20-10-9-12(2)16-15(19)17(3)11-13-7-5-6-8-14(13)18/h12-14,18H,4-11H2,1-3H3,(H,16,19). The minimum absolute atomic E-state index is 0.0169. The molecule has 1 rings (SSSR count). The first-order valence-electron chi connectivity index (χ1n) is 7.82. The van der Waals surface area contributed by atoms with E-state index >= 15 is 0 Å². The van der Waals surface area contributed by atoms with Crippen LogP contribution < -0.4 is 5.32 Å². The first kappa shape index (κ1) is 17.6. The molecule has 0 spiro atoms. The largest absolute Gasteiger partial charge is 0.393 e. The minimum atomic E-state index is -0.239. The number of hydrogen-bond donors (Lipinski definition) is 2. The molecule has 1 fully saturated rings. The van der Waals surface area contributed by atoms with Crippen LogP contribution in [-0.2, 0) is 0 Å². The second-order valence-electron chi connectivity index (χ2n) is 5.83. The van der Waals surface area contributed by atoms with Crippen molar-refractivity contribution in [3.05, 3.63) is 0 Å². The lowest BCUT2D eigenvalue weighted by molar-refractivity contribution is 0.0563. The molecule has 1 aliphatic rings. The molecule has 1 aliphatic carbocycles. The Labute approximate surface area is 127 Å². The molecule has 0 aromatic rings. The molecule has 0 bridgehead atoms. The molecule has 2 N–H and O–H groups in total. The van der Waals surface area contributed by atoms with Crippen molar-refractivity contribution < 1.29 is 9.90 Å². The summed E-state index contributed by atoms with van der Waals surface area (Å²) < 4.78 is 0. The Balaban J connectivity index is 2.27. The van der Waals surface area contributed by atoms with Gasteiger partial charge in [-0.05, 0) is 37.7 Å². The summed E-state index contributed by atoms with van der Waals surface area (Å²) in [6.45, 7) is 4.86. The van der Waals surface area contributed by atoms with Gasteiger partial charge in [0.1, 0.15) is 0 Å². The van der Waals surface area contributed by atoms with Crippen LogP contribution in [0, 0.1) is 5.92 Å². The van der Waals surface area contributed by atoms with E-state index in [1.807, 2.05) is 18.8 Å². The third-order valence-electron chi connectivity index (χ3n) is 3.99. The van der Waals surface area contributed by atoms with Crippen LogP contribution in [0.15, 0.2) is 0 Å². The number of rotatable bonds is 7. The van der Waals surface area contributed by atoms with E-state index in [0.29, 0.717) is 6.54 Å². The molecular formula is C15H30N2O2S. The van der Waals surface area contributed by atoms with Crippen LogP contribution in [0.4, 0.5) is 4.79 Å². The van der Waals surface area contributed by atoms with Crippen LogP contribution in [0.1, 0.15) is 46.0 Å². The highest BCUT2D eigenvalue weighted by atomic mass is 32.2. The number of amides is 2. The first-order chi connectivity index (χ1) is 9.54. The molecule has 3 unspecified atom stereocenters. The van der Waals surface area contributed by atoms with Gasteiger partial charge in [-0.3, -0.25) is 0 Å². The van der Waals surface area contributed by atoms with Crippen molar-refractivity contribution in [2.75, 3.05) is 25.1 Å². The predicted molar refractivity (Wildman–Crippen MR) is 86.2 cm³/mol. The van der Waals surface area contributed by atoms with Gasteiger partial charge in [0.15, 0.2) is 0 Å². The van der Waals surface area contributed by atoms with E-state index in [4.69, 9.17) is 0 Å². The van der Waals surface area contributed by atoms with E-state index in [2.05, 4.69) is 19.2 Å². The number of urea groups is 1. The number of aliphatic hydroxyl groups excluding tert-OH is 1. The van der Waals surface area contributed by atoms with E-state index in [1.165, 1.54) is 6.42 Å². The maximum absolute atomic E-state index is 12.1. The van der Waals surface area contributed by atoms with Crippen LogP contribution >= 0.6 is 11.8 Å². The lowest BCUT2D eigenvalue weighted by atomic mass is 9.86. The summed E-state index contributed by atoms with van der Waals surface area (Å²) in [5.74, 6) is 2.45. The molecule has 0 saturated heterocycles. The summed E-state index contributed by atoms with van der Waals surface area (Å²) in [6, 6.07) is 0.192. The Morgan fingerprint density at radius 1 is 1.45 bits per heavy atom. The van der Waals surface area contributed by atoms with Gasteiger partial charge in [-0.15, -0.1) is 0 Å². The van der Waals surface area contributed by atoms with Crippen molar-refractivity contribution in [3.63, 3.8) is 0 Å². The third kappa shape index (κ3) is 6.35. The fourth-order valence-electron chi connectivity index (χ4n) is 2.63. The number of aliphatic hydroxyl groups is 1. The van der Waals surface area contributed by atoms with E-state index < -0.39 is 0 Å². The number of nitrogens with zero attached hydrogens (tertiary/aromatic N) is 1. The van der Waals surface area contributed by atoms with Crippen LogP contribution in [-0.4, -0.2) is 53.3 Å². The predicted octanol–water partition coefficient (Wildman–Crippen LogP) is 2.71. The van der Waals surface area contributed by atoms with E-state index in [0.717, 1.165) is 37.2 Å². The average Bonchev–Trinajstić information content (AvgIpc) is 2.41. The van der Waals surface area contributed by atoms with Gasteiger partial charge in [0.25, 0.3) is 0 Å². The van der Waals surface area contributed by atoms with Crippen molar-refractivity contribution in [3.8, 4) is 0 Å². The Kier molecular flexibility index (Phi) is 8.38. The van der Waals surface area contributed by atoms with Crippen LogP contribution in [0.5, 0.6) is 0 Å². The number of hydrogen-bond acceptors (Lipinski definition) is 3. The third-order valence-corrected chi connectivity index (χ3v) is 4.93. The van der Waals surface area contributed by atoms with Gasteiger partial charge in [-0.1, -0.05) is 19.8 Å². The molecule has 0 aliphatic heterocycles. The quantitative estimate of drug-likeness (QED) is 0.711. The van der Waals surface area contributed by atoms with Gasteiger partial charge in [-0.2, -0.15) is 11.8 Å². The maximum atomic E-state index is 12.1. The van der Waals surface area contributed by atoms with Crippen LogP contribution in [0.25, 0.3) is 0 Å². The number of nitrogens with one attached hydrogen (secondary N) is 1. The summed E-state index contributed by atoms with van der Waals surface area (Å²) >= 11 is 1.90. The van der Waals surface area contributed by atoms with Crippen molar-refractivity contribution in [2.24, 2.45) is 5.92 Å². The highest BCUT2D eigenvalue weighted by Crippen LogP contribution is 2.24. The van der Waals surface area contributed by atoms with Crippen molar-refractivity contribution in [2.45, 2.75) is 58.1 Å². The maximum Gasteiger partial charge on any atom is 0.317 e. The summed E-state index contributed by atoms with van der Waals surface area (Å²) in [5.41, 5.74) is 0. The Morgan fingerprint density at radius 2 is 2.15 bits per heavy atom. The Hall–Kier alpha value is -0.420. The molecule has 118 valence electrons. The van der Waals surface area contributed by atoms with E-state index in [1.54, 1.807) is 4.90 Å². The SMILES string of the molecule is CCSCCC(C)NC(=O)N(C)CC1CCCCC1O. The normalized spacial score (nSPS) is 24.2. The van der Waals surface area contributed by atoms with Crippen LogP contribution in [0.3, 0.4) is 0 Å². The van der Waals surface area contributed by atoms with Crippen molar-refractivity contribution in [1.29, 1.82) is 0 Å². The highest BCUT2D eigenvalue weighted by Gasteiger charge is 2.25. The average molecular weight is 302 g/mol. The zero-order valence-corrected chi connectivity index (χ0v) is 13.9. The van der Waals surface area contributed by atoms with Gasteiger partial charge in [0.05, 0.1) is 6.10 Å². The first-order valence-corrected chi connectivity index (χ1v) is 8.97. The molecule has 5 heteroatoms. The molecular weight excluding hydrogens is 272 g/mol. The lowest BCUT2D eigenvalue weighted by Gasteiger charge is -2.31. The van der Waals surface area contributed by atoms with Gasteiger partial charge in [0.2, 0.25) is 0 Å². The highest BCUT2D eigenvalue weighted by molar-refractivity contribution is 7.99.